The number of rotatable bonds is 8. The molecule has 0 saturated carbocycles. The Morgan fingerprint density at radius 3 is 2.04 bits per heavy atom. The highest BCUT2D eigenvalue weighted by atomic mass is 32.2. The molecular formula is C20H23N3O3S. The fraction of sp³-hybridized carbons (Fsp3) is 0.250. The summed E-state index contributed by atoms with van der Waals surface area (Å²) in [5, 5.41) is 8.13. The molecule has 3 N–H and O–H groups in total. The predicted octanol–water partition coefficient (Wildman–Crippen LogP) is 3.27. The lowest BCUT2D eigenvalue weighted by Crippen LogP contribution is -2.26. The summed E-state index contributed by atoms with van der Waals surface area (Å²) in [6.45, 7) is 3.29. The quantitative estimate of drug-likeness (QED) is 0.609. The Balaban J connectivity index is 1.91. The zero-order valence-electron chi connectivity index (χ0n) is 15.4. The molecule has 0 spiro atoms. The highest BCUT2D eigenvalue weighted by Crippen LogP contribution is 2.19. The third-order valence-electron chi connectivity index (χ3n) is 3.48. The Labute approximate surface area is 163 Å². The number of amides is 3. The van der Waals surface area contributed by atoms with Gasteiger partial charge >= 0.3 is 0 Å². The minimum absolute atomic E-state index is 0.251. The van der Waals surface area contributed by atoms with Crippen LogP contribution in [0.25, 0.3) is 0 Å². The van der Waals surface area contributed by atoms with Crippen molar-refractivity contribution in [3.8, 4) is 0 Å². The van der Waals surface area contributed by atoms with Gasteiger partial charge in [0.15, 0.2) is 0 Å². The van der Waals surface area contributed by atoms with Gasteiger partial charge in [0.25, 0.3) is 5.91 Å². The lowest BCUT2D eigenvalue weighted by atomic mass is 10.1. The van der Waals surface area contributed by atoms with E-state index >= 15 is 0 Å². The van der Waals surface area contributed by atoms with Crippen LogP contribution in [0, 0.1) is 0 Å². The summed E-state index contributed by atoms with van der Waals surface area (Å²) >= 11 is 1.74. The van der Waals surface area contributed by atoms with Crippen LogP contribution in [0.1, 0.15) is 29.8 Å². The number of benzene rings is 2. The summed E-state index contributed by atoms with van der Waals surface area (Å²) in [5.41, 5.74) is 2.53. The van der Waals surface area contributed by atoms with Crippen molar-refractivity contribution in [1.82, 2.24) is 5.32 Å². The normalized spacial score (nSPS) is 10.1. The van der Waals surface area contributed by atoms with Crippen molar-refractivity contribution in [1.29, 1.82) is 0 Å². The molecule has 0 heterocycles. The lowest BCUT2D eigenvalue weighted by molar-refractivity contribution is -0.115. The van der Waals surface area contributed by atoms with Crippen molar-refractivity contribution in [2.24, 2.45) is 0 Å². The number of nitrogens with one attached hydrogen (secondary N) is 3. The van der Waals surface area contributed by atoms with Crippen LogP contribution in [0.5, 0.6) is 0 Å². The number of anilines is 2. The molecule has 0 aliphatic heterocycles. The average Bonchev–Trinajstić information content (AvgIpc) is 2.60. The molecule has 0 aromatic heterocycles. The van der Waals surface area contributed by atoms with E-state index in [1.165, 1.54) is 19.4 Å². The Hall–Kier alpha value is -2.80. The van der Waals surface area contributed by atoms with E-state index in [0.717, 1.165) is 11.5 Å². The van der Waals surface area contributed by atoms with Crippen LogP contribution in [-0.4, -0.2) is 30.0 Å². The molecule has 0 bridgehead atoms. The first-order chi connectivity index (χ1) is 12.9. The summed E-state index contributed by atoms with van der Waals surface area (Å²) in [6.07, 6.45) is 0. The van der Waals surface area contributed by atoms with E-state index in [4.69, 9.17) is 0 Å². The van der Waals surface area contributed by atoms with Gasteiger partial charge in [-0.3, -0.25) is 14.4 Å². The van der Waals surface area contributed by atoms with E-state index in [-0.39, 0.29) is 17.7 Å². The maximum Gasteiger partial charge on any atom is 0.251 e. The molecular weight excluding hydrogens is 362 g/mol. The van der Waals surface area contributed by atoms with Crippen molar-refractivity contribution in [3.05, 3.63) is 59.7 Å². The summed E-state index contributed by atoms with van der Waals surface area (Å²) in [4.78, 5) is 35.0. The average molecular weight is 385 g/mol. The second-order valence-electron chi connectivity index (χ2n) is 5.96. The van der Waals surface area contributed by atoms with Gasteiger partial charge in [-0.2, -0.15) is 11.8 Å². The fourth-order valence-corrected chi connectivity index (χ4v) is 3.23. The molecule has 2 rings (SSSR count). The minimum atomic E-state index is -0.255. The molecule has 0 atom stereocenters. The van der Waals surface area contributed by atoms with Gasteiger partial charge in [0.2, 0.25) is 11.8 Å². The summed E-state index contributed by atoms with van der Waals surface area (Å²) < 4.78 is 0. The molecule has 142 valence electrons. The maximum absolute atomic E-state index is 12.4. The van der Waals surface area contributed by atoms with Crippen LogP contribution in [-0.2, 0) is 15.3 Å². The highest BCUT2D eigenvalue weighted by Gasteiger charge is 2.10. The molecule has 0 radical (unpaired) electrons. The van der Waals surface area contributed by atoms with Crippen molar-refractivity contribution >= 4 is 40.9 Å². The maximum atomic E-state index is 12.4. The van der Waals surface area contributed by atoms with Gasteiger partial charge in [0.1, 0.15) is 0 Å². The van der Waals surface area contributed by atoms with E-state index in [1.807, 2.05) is 18.2 Å². The number of hydrogen-bond acceptors (Lipinski definition) is 4. The van der Waals surface area contributed by atoms with Gasteiger partial charge in [-0.25, -0.2) is 0 Å². The van der Waals surface area contributed by atoms with Crippen molar-refractivity contribution < 1.29 is 14.4 Å². The Bertz CT molecular complexity index is 775. The van der Waals surface area contributed by atoms with Crippen molar-refractivity contribution in [3.63, 3.8) is 0 Å². The second-order valence-corrected chi connectivity index (χ2v) is 7.06. The Kier molecular flexibility index (Phi) is 7.88. The van der Waals surface area contributed by atoms with Crippen LogP contribution in [0.15, 0.2) is 48.5 Å². The molecule has 3 amide bonds. The van der Waals surface area contributed by atoms with Gasteiger partial charge in [-0.1, -0.05) is 30.3 Å². The van der Waals surface area contributed by atoms with Gasteiger partial charge < -0.3 is 16.0 Å². The molecule has 6 nitrogen and oxygen atoms in total. The second kappa shape index (κ2) is 10.4. The monoisotopic (exact) mass is 385 g/mol. The Morgan fingerprint density at radius 2 is 1.48 bits per heavy atom. The van der Waals surface area contributed by atoms with E-state index in [1.54, 1.807) is 30.0 Å². The molecule has 2 aromatic rings. The zero-order chi connectivity index (χ0) is 19.6. The molecule has 0 aliphatic carbocycles. The fourth-order valence-electron chi connectivity index (χ4n) is 2.41. The van der Waals surface area contributed by atoms with Gasteiger partial charge in [-0.15, -0.1) is 0 Å². The third-order valence-corrected chi connectivity index (χ3v) is 4.51. The van der Waals surface area contributed by atoms with Gasteiger partial charge in [-0.05, 0) is 23.8 Å². The number of carbonyl (C=O) groups is 3. The highest BCUT2D eigenvalue weighted by molar-refractivity contribution is 7.98. The van der Waals surface area contributed by atoms with E-state index in [0.29, 0.717) is 23.5 Å². The van der Waals surface area contributed by atoms with Crippen LogP contribution in [0.2, 0.25) is 0 Å². The van der Waals surface area contributed by atoms with Crippen LogP contribution >= 0.6 is 11.8 Å². The van der Waals surface area contributed by atoms with Crippen LogP contribution in [0.3, 0.4) is 0 Å². The topological polar surface area (TPSA) is 87.3 Å². The summed E-state index contributed by atoms with van der Waals surface area (Å²) in [6, 6.07) is 14.9. The number of carbonyl (C=O) groups excluding carboxylic acids is 3. The number of hydrogen-bond donors (Lipinski definition) is 3. The van der Waals surface area contributed by atoms with E-state index in [2.05, 4.69) is 28.1 Å². The molecule has 2 aromatic carbocycles. The molecule has 27 heavy (non-hydrogen) atoms. The minimum Gasteiger partial charge on any atom is -0.351 e. The predicted molar refractivity (Wildman–Crippen MR) is 110 cm³/mol. The largest absolute Gasteiger partial charge is 0.351 e. The van der Waals surface area contributed by atoms with Gasteiger partial charge in [0, 0.05) is 48.8 Å². The van der Waals surface area contributed by atoms with Crippen LogP contribution in [0.4, 0.5) is 11.4 Å². The van der Waals surface area contributed by atoms with E-state index in [9.17, 15) is 14.4 Å². The Morgan fingerprint density at radius 1 is 0.889 bits per heavy atom. The van der Waals surface area contributed by atoms with Gasteiger partial charge in [0.05, 0.1) is 0 Å². The first-order valence-electron chi connectivity index (χ1n) is 8.54. The van der Waals surface area contributed by atoms with Crippen molar-refractivity contribution in [2.45, 2.75) is 19.6 Å². The molecule has 0 fully saturated rings. The summed E-state index contributed by atoms with van der Waals surface area (Å²) in [5.74, 6) is 0.915. The molecule has 0 unspecified atom stereocenters. The number of thioether (sulfide) groups is 1. The smallest absolute Gasteiger partial charge is 0.251 e. The molecule has 0 aliphatic rings. The first-order valence-corrected chi connectivity index (χ1v) is 9.69. The standard InChI is InChI=1S/C20H23N3O3S/c1-14(24)22-18-10-17(11-19(12-18)23-15(2)25)20(26)21-8-9-27-13-16-6-4-3-5-7-16/h3-7,10-12H,8-9,13H2,1-2H3,(H,21,26)(H,22,24)(H,23,25). The van der Waals surface area contributed by atoms with Crippen LogP contribution < -0.4 is 16.0 Å². The van der Waals surface area contributed by atoms with Crippen molar-refractivity contribution in [2.75, 3.05) is 22.9 Å². The third kappa shape index (κ3) is 7.53. The molecule has 0 saturated heterocycles. The first kappa shape index (κ1) is 20.5. The lowest BCUT2D eigenvalue weighted by Gasteiger charge is -2.11. The van der Waals surface area contributed by atoms with E-state index < -0.39 is 0 Å². The zero-order valence-corrected chi connectivity index (χ0v) is 16.2. The summed E-state index contributed by atoms with van der Waals surface area (Å²) in [7, 11) is 0. The molecule has 7 heteroatoms. The SMILES string of the molecule is CC(=O)Nc1cc(NC(C)=O)cc(C(=O)NCCSCc2ccccc2)c1.